The fraction of sp³-hybridized carbons (Fsp3) is 0.0667. The maximum Gasteiger partial charge on any atom is 0.0598 e. The maximum absolute atomic E-state index is 2.36. The Bertz CT molecular complexity index is 523. The topological polar surface area (TPSA) is 0 Å². The van der Waals surface area contributed by atoms with Gasteiger partial charge in [-0.15, -0.1) is 0 Å². The molecule has 0 saturated heterocycles. The molecule has 3 rings (SSSR count). The van der Waals surface area contributed by atoms with E-state index in [9.17, 15) is 0 Å². The Labute approximate surface area is 126 Å². The summed E-state index contributed by atoms with van der Waals surface area (Å²) in [5.41, 5.74) is 2.71. The van der Waals surface area contributed by atoms with Crippen molar-refractivity contribution in [2.24, 2.45) is 0 Å². The predicted octanol–water partition coefficient (Wildman–Crippen LogP) is 5.16. The number of hydrogen-bond donors (Lipinski definition) is 0. The van der Waals surface area contributed by atoms with E-state index in [2.05, 4.69) is 66.7 Å². The molecule has 0 fully saturated rings. The van der Waals surface area contributed by atoms with Gasteiger partial charge in [0.05, 0.1) is 5.25 Å². The van der Waals surface area contributed by atoms with Gasteiger partial charge in [-0.05, 0) is 11.1 Å². The van der Waals surface area contributed by atoms with Gasteiger partial charge >= 0.3 is 0 Å². The minimum atomic E-state index is 0. The SMILES string of the molecule is C1=C(c2ccccc2)SSC1c1ccccc1.[Ni]. The van der Waals surface area contributed by atoms with Crippen LogP contribution >= 0.6 is 21.6 Å². The molecule has 0 spiro atoms. The normalized spacial score (nSPS) is 18.0. The van der Waals surface area contributed by atoms with Gasteiger partial charge in [0, 0.05) is 21.4 Å². The van der Waals surface area contributed by atoms with Crippen LogP contribution in [0.25, 0.3) is 4.91 Å². The smallest absolute Gasteiger partial charge is 0.0598 e. The first-order valence-corrected chi connectivity index (χ1v) is 7.80. The Morgan fingerprint density at radius 3 is 2.06 bits per heavy atom. The van der Waals surface area contributed by atoms with Crippen LogP contribution < -0.4 is 0 Å². The van der Waals surface area contributed by atoms with Gasteiger partial charge in [0.15, 0.2) is 0 Å². The van der Waals surface area contributed by atoms with Gasteiger partial charge in [-0.3, -0.25) is 0 Å². The van der Waals surface area contributed by atoms with Gasteiger partial charge in [0.1, 0.15) is 0 Å². The van der Waals surface area contributed by atoms with Crippen molar-refractivity contribution in [2.75, 3.05) is 0 Å². The van der Waals surface area contributed by atoms with Gasteiger partial charge in [-0.2, -0.15) is 0 Å². The van der Waals surface area contributed by atoms with Crippen LogP contribution in [-0.2, 0) is 16.5 Å². The summed E-state index contributed by atoms with van der Waals surface area (Å²) in [6, 6.07) is 21.3. The Morgan fingerprint density at radius 1 is 0.778 bits per heavy atom. The van der Waals surface area contributed by atoms with Crippen molar-refractivity contribution in [1.29, 1.82) is 0 Å². The molecule has 2 aromatic carbocycles. The molecular weight excluding hydrogens is 303 g/mol. The second kappa shape index (κ2) is 6.51. The minimum absolute atomic E-state index is 0. The summed E-state index contributed by atoms with van der Waals surface area (Å²) in [4.78, 5) is 1.38. The van der Waals surface area contributed by atoms with E-state index >= 15 is 0 Å². The molecule has 1 heterocycles. The first-order valence-electron chi connectivity index (χ1n) is 5.59. The average molecular weight is 315 g/mol. The van der Waals surface area contributed by atoms with Crippen LogP contribution in [0.15, 0.2) is 66.7 Å². The van der Waals surface area contributed by atoms with Crippen LogP contribution in [0.1, 0.15) is 16.4 Å². The Morgan fingerprint density at radius 2 is 1.39 bits per heavy atom. The minimum Gasteiger partial charge on any atom is -0.0764 e. The Balaban J connectivity index is 0.00000120. The van der Waals surface area contributed by atoms with Crippen molar-refractivity contribution < 1.29 is 16.5 Å². The fourth-order valence-corrected chi connectivity index (χ4v) is 4.59. The Hall–Kier alpha value is -0.626. The third-order valence-electron chi connectivity index (χ3n) is 2.73. The van der Waals surface area contributed by atoms with E-state index < -0.39 is 0 Å². The van der Waals surface area contributed by atoms with Crippen LogP contribution in [0.3, 0.4) is 0 Å². The van der Waals surface area contributed by atoms with Crippen LogP contribution in [-0.4, -0.2) is 0 Å². The van der Waals surface area contributed by atoms with E-state index in [1.165, 1.54) is 16.0 Å². The van der Waals surface area contributed by atoms with E-state index in [0.29, 0.717) is 5.25 Å². The molecular formula is C15H12NiS2. The quantitative estimate of drug-likeness (QED) is 0.554. The van der Waals surface area contributed by atoms with E-state index in [4.69, 9.17) is 0 Å². The molecule has 0 N–H and O–H groups in total. The predicted molar refractivity (Wildman–Crippen MR) is 78.8 cm³/mol. The number of benzene rings is 2. The van der Waals surface area contributed by atoms with Gasteiger partial charge < -0.3 is 0 Å². The summed E-state index contributed by atoms with van der Waals surface area (Å²) in [5, 5.41) is 0.483. The molecule has 1 unspecified atom stereocenters. The van der Waals surface area contributed by atoms with Crippen molar-refractivity contribution >= 4 is 26.5 Å². The summed E-state index contributed by atoms with van der Waals surface area (Å²) < 4.78 is 0. The van der Waals surface area contributed by atoms with Gasteiger partial charge in [-0.1, -0.05) is 88.3 Å². The zero-order valence-corrected chi connectivity index (χ0v) is 12.2. The maximum atomic E-state index is 2.36. The summed E-state index contributed by atoms with van der Waals surface area (Å²) >= 11 is 0. The second-order valence-electron chi connectivity index (χ2n) is 3.91. The largest absolute Gasteiger partial charge is 0.0764 e. The van der Waals surface area contributed by atoms with Gasteiger partial charge in [-0.25, -0.2) is 0 Å². The second-order valence-corrected chi connectivity index (χ2v) is 6.29. The molecule has 0 aliphatic carbocycles. The molecule has 1 aliphatic heterocycles. The Kier molecular flexibility index (Phi) is 4.99. The van der Waals surface area contributed by atoms with Crippen molar-refractivity contribution in [1.82, 2.24) is 0 Å². The van der Waals surface area contributed by atoms with Crippen molar-refractivity contribution in [2.45, 2.75) is 5.25 Å². The van der Waals surface area contributed by atoms with Crippen LogP contribution in [0.5, 0.6) is 0 Å². The molecule has 94 valence electrons. The summed E-state index contributed by atoms with van der Waals surface area (Å²) in [7, 11) is 3.80. The molecule has 0 nitrogen and oxygen atoms in total. The van der Waals surface area contributed by atoms with Crippen LogP contribution in [0.4, 0.5) is 0 Å². The molecule has 3 heteroatoms. The fourth-order valence-electron chi connectivity index (χ4n) is 1.84. The van der Waals surface area contributed by atoms with E-state index in [1.807, 2.05) is 21.6 Å². The molecule has 2 aromatic rings. The summed E-state index contributed by atoms with van der Waals surface area (Å²) in [5.74, 6) is 0. The number of hydrogen-bond acceptors (Lipinski definition) is 2. The molecule has 18 heavy (non-hydrogen) atoms. The zero-order chi connectivity index (χ0) is 11.5. The van der Waals surface area contributed by atoms with Crippen LogP contribution in [0.2, 0.25) is 0 Å². The van der Waals surface area contributed by atoms with Crippen molar-refractivity contribution in [3.8, 4) is 0 Å². The first-order chi connectivity index (χ1) is 8.43. The summed E-state index contributed by atoms with van der Waals surface area (Å²) in [6.07, 6.45) is 2.36. The summed E-state index contributed by atoms with van der Waals surface area (Å²) in [6.45, 7) is 0. The van der Waals surface area contributed by atoms with Gasteiger partial charge in [0.2, 0.25) is 0 Å². The third kappa shape index (κ3) is 3.03. The first kappa shape index (κ1) is 13.8. The average Bonchev–Trinajstić information content (AvgIpc) is 2.90. The molecule has 0 amide bonds. The van der Waals surface area contributed by atoms with Gasteiger partial charge in [0.25, 0.3) is 0 Å². The van der Waals surface area contributed by atoms with E-state index in [0.717, 1.165) is 0 Å². The third-order valence-corrected chi connectivity index (χ3v) is 5.44. The van der Waals surface area contributed by atoms with Crippen molar-refractivity contribution in [3.63, 3.8) is 0 Å². The van der Waals surface area contributed by atoms with E-state index in [1.54, 1.807) is 0 Å². The standard InChI is InChI=1S/C15H12S2.Ni/c1-3-7-12(8-4-1)14-11-15(17-16-14)13-9-5-2-6-10-13;/h1-11,14H;. The molecule has 0 saturated carbocycles. The zero-order valence-electron chi connectivity index (χ0n) is 9.56. The molecule has 0 bridgehead atoms. The van der Waals surface area contributed by atoms with E-state index in [-0.39, 0.29) is 16.5 Å². The van der Waals surface area contributed by atoms with Crippen molar-refractivity contribution in [3.05, 3.63) is 77.9 Å². The molecule has 0 radical (unpaired) electrons. The number of rotatable bonds is 2. The molecule has 1 atom stereocenters. The molecule has 0 aromatic heterocycles. The monoisotopic (exact) mass is 314 g/mol. The van der Waals surface area contributed by atoms with Crippen LogP contribution in [0, 0.1) is 0 Å². The molecule has 1 aliphatic rings.